The maximum absolute atomic E-state index is 13.6. The Hall–Kier alpha value is -3.05. The zero-order valence-electron chi connectivity index (χ0n) is 20.2. The number of benzene rings is 2. The van der Waals surface area contributed by atoms with E-state index in [0.717, 1.165) is 49.8 Å². The van der Waals surface area contributed by atoms with Crippen LogP contribution in [-0.2, 0) is 34.8 Å². The van der Waals surface area contributed by atoms with Gasteiger partial charge in [0.1, 0.15) is 0 Å². The Balaban J connectivity index is 1.69. The van der Waals surface area contributed by atoms with Crippen molar-refractivity contribution in [2.45, 2.75) is 37.2 Å². The summed E-state index contributed by atoms with van der Waals surface area (Å²) in [5, 5.41) is -0.0368. The van der Waals surface area contributed by atoms with Crippen LogP contribution in [0, 0.1) is 0 Å². The monoisotopic (exact) mass is 528 g/mol. The molecule has 0 N–H and O–H groups in total. The van der Waals surface area contributed by atoms with E-state index < -0.39 is 29.6 Å². The number of halogens is 6. The molecule has 0 aliphatic carbocycles. The van der Waals surface area contributed by atoms with Crippen LogP contribution in [0.2, 0.25) is 0 Å². The van der Waals surface area contributed by atoms with Crippen LogP contribution < -0.4 is 4.74 Å². The van der Waals surface area contributed by atoms with Crippen LogP contribution in [0.4, 0.5) is 26.3 Å². The van der Waals surface area contributed by atoms with Gasteiger partial charge in [-0.2, -0.15) is 26.3 Å². The van der Waals surface area contributed by atoms with E-state index in [9.17, 15) is 31.1 Å². The molecule has 2 heterocycles. The Labute approximate surface area is 209 Å². The van der Waals surface area contributed by atoms with E-state index in [1.807, 2.05) is 37.4 Å². The highest BCUT2D eigenvalue weighted by atomic mass is 19.4. The minimum absolute atomic E-state index is 0.0217. The molecule has 1 fully saturated rings. The highest BCUT2D eigenvalue weighted by Crippen LogP contribution is 2.40. The first-order chi connectivity index (χ1) is 17.3. The Morgan fingerprint density at radius 1 is 1.00 bits per heavy atom. The number of fused-ring (bicyclic) bond motifs is 1. The van der Waals surface area contributed by atoms with Gasteiger partial charge >= 0.3 is 18.3 Å². The number of piperidine rings is 1. The van der Waals surface area contributed by atoms with E-state index in [-0.39, 0.29) is 35.1 Å². The Morgan fingerprint density at radius 2 is 1.65 bits per heavy atom. The Morgan fingerprint density at radius 3 is 2.24 bits per heavy atom. The first-order valence-corrected chi connectivity index (χ1v) is 11.6. The number of carbonyl (C=O) groups excluding carboxylic acids is 1. The Kier molecular flexibility index (Phi) is 7.31. The lowest BCUT2D eigenvalue weighted by atomic mass is 9.73. The molecule has 37 heavy (non-hydrogen) atoms. The summed E-state index contributed by atoms with van der Waals surface area (Å²) in [6, 6.07) is 11.3. The van der Waals surface area contributed by atoms with Gasteiger partial charge in [0.2, 0.25) is 0 Å². The van der Waals surface area contributed by atoms with E-state index in [4.69, 9.17) is 4.74 Å². The molecular formula is C26H26F6N2O3. The van der Waals surface area contributed by atoms with Crippen LogP contribution in [0.1, 0.15) is 29.5 Å². The van der Waals surface area contributed by atoms with E-state index in [1.165, 1.54) is 11.6 Å². The van der Waals surface area contributed by atoms with Crippen LogP contribution in [0.15, 0.2) is 48.7 Å². The van der Waals surface area contributed by atoms with E-state index in [0.29, 0.717) is 0 Å². The number of rotatable bonds is 6. The molecular weight excluding hydrogens is 502 g/mol. The fourth-order valence-corrected chi connectivity index (χ4v) is 4.78. The lowest BCUT2D eigenvalue weighted by Gasteiger charge is -2.41. The number of aryl methyl sites for hydroxylation is 1. The van der Waals surface area contributed by atoms with Crippen LogP contribution in [0.5, 0.6) is 5.75 Å². The molecule has 1 saturated heterocycles. The molecule has 0 unspecified atom stereocenters. The van der Waals surface area contributed by atoms with Crippen molar-refractivity contribution in [3.63, 3.8) is 0 Å². The van der Waals surface area contributed by atoms with Gasteiger partial charge in [0.25, 0.3) is 0 Å². The fourth-order valence-electron chi connectivity index (χ4n) is 4.78. The van der Waals surface area contributed by atoms with Crippen molar-refractivity contribution in [1.82, 2.24) is 9.47 Å². The molecule has 0 atom stereocenters. The number of hydrogen-bond donors (Lipinski definition) is 0. The van der Waals surface area contributed by atoms with Gasteiger partial charge in [0.05, 0.1) is 24.3 Å². The van der Waals surface area contributed by atoms with Gasteiger partial charge in [-0.15, -0.1) is 0 Å². The first-order valence-electron chi connectivity index (χ1n) is 11.6. The van der Waals surface area contributed by atoms with E-state index in [1.54, 1.807) is 0 Å². The highest BCUT2D eigenvalue weighted by Gasteiger charge is 2.42. The molecule has 1 aromatic heterocycles. The maximum atomic E-state index is 13.6. The third-order valence-corrected chi connectivity index (χ3v) is 6.86. The van der Waals surface area contributed by atoms with E-state index >= 15 is 0 Å². The average Bonchev–Trinajstić information content (AvgIpc) is 3.15. The number of hydrogen-bond acceptors (Lipinski definition) is 4. The molecule has 5 nitrogen and oxygen atoms in total. The average molecular weight is 528 g/mol. The molecule has 0 radical (unpaired) electrons. The maximum Gasteiger partial charge on any atom is 0.491 e. The summed E-state index contributed by atoms with van der Waals surface area (Å²) in [4.78, 5) is 13.7. The number of carbonyl (C=O) groups is 1. The summed E-state index contributed by atoms with van der Waals surface area (Å²) < 4.78 is 91.2. The quantitative estimate of drug-likeness (QED) is 0.298. The van der Waals surface area contributed by atoms with Gasteiger partial charge in [0.15, 0.2) is 5.75 Å². The third kappa shape index (κ3) is 5.77. The topological polar surface area (TPSA) is 43.7 Å². The highest BCUT2D eigenvalue weighted by molar-refractivity contribution is 5.93. The molecule has 0 saturated carbocycles. The minimum atomic E-state index is -5.26. The number of alkyl halides is 6. The molecule has 1 aliphatic rings. The number of ether oxygens (including phenoxy) is 2. The molecule has 200 valence electrons. The largest absolute Gasteiger partial charge is 0.491 e. The third-order valence-electron chi connectivity index (χ3n) is 6.86. The predicted octanol–water partition coefficient (Wildman–Crippen LogP) is 5.85. The van der Waals surface area contributed by atoms with Crippen molar-refractivity contribution < 1.29 is 40.6 Å². The van der Waals surface area contributed by atoms with Crippen molar-refractivity contribution >= 4 is 16.9 Å². The number of likely N-dealkylation sites (tertiary alicyclic amines) is 1. The van der Waals surface area contributed by atoms with Gasteiger partial charge in [-0.25, -0.2) is 4.79 Å². The van der Waals surface area contributed by atoms with Gasteiger partial charge < -0.3 is 18.9 Å². The summed E-state index contributed by atoms with van der Waals surface area (Å²) in [6.45, 7) is 1.50. The van der Waals surface area contributed by atoms with Crippen molar-refractivity contribution in [3.8, 4) is 5.75 Å². The molecule has 0 amide bonds. The predicted molar refractivity (Wildman–Crippen MR) is 124 cm³/mol. The zero-order chi connectivity index (χ0) is 27.0. The minimum Gasteiger partial charge on any atom is -0.418 e. The molecule has 4 rings (SSSR count). The molecule has 1 aliphatic heterocycles. The summed E-state index contributed by atoms with van der Waals surface area (Å²) in [5.41, 5.74) is -0.346. The van der Waals surface area contributed by atoms with Gasteiger partial charge in [-0.3, -0.25) is 0 Å². The van der Waals surface area contributed by atoms with Crippen molar-refractivity contribution in [1.29, 1.82) is 0 Å². The van der Waals surface area contributed by atoms with Crippen molar-refractivity contribution in [2.24, 2.45) is 7.05 Å². The SMILES string of the molecule is CN1CCC(COCc2cc(C(F)(F)F)cc3c2c(OC(=O)C(F)(F)F)cn3C)(c2ccccc2)CC1. The summed E-state index contributed by atoms with van der Waals surface area (Å²) >= 11 is 0. The van der Waals surface area contributed by atoms with Crippen LogP contribution >= 0.6 is 0 Å². The van der Waals surface area contributed by atoms with Gasteiger partial charge in [-0.05, 0) is 56.2 Å². The normalized spacial score (nSPS) is 16.8. The summed E-state index contributed by atoms with van der Waals surface area (Å²) in [5.74, 6) is -2.94. The second-order valence-electron chi connectivity index (χ2n) is 9.46. The second kappa shape index (κ2) is 10.0. The van der Waals surface area contributed by atoms with Crippen molar-refractivity contribution in [2.75, 3.05) is 26.7 Å². The zero-order valence-corrected chi connectivity index (χ0v) is 20.2. The van der Waals surface area contributed by atoms with Crippen LogP contribution in [0.3, 0.4) is 0 Å². The standard InChI is InChI=1S/C26H26F6N2O3/c1-33-10-8-24(9-11-33,18-6-4-3-5-7-18)16-36-15-17-12-19(25(27,28)29)13-20-22(17)21(14-34(20)2)37-23(35)26(30,31)32/h3-7,12-14H,8-11,15-16H2,1-2H3. The van der Waals surface area contributed by atoms with Crippen molar-refractivity contribution in [3.05, 3.63) is 65.4 Å². The van der Waals surface area contributed by atoms with Gasteiger partial charge in [-0.1, -0.05) is 30.3 Å². The Bertz CT molecular complexity index is 1260. The summed E-state index contributed by atoms with van der Waals surface area (Å²) in [6.07, 6.45) is -7.37. The molecule has 11 heteroatoms. The molecule has 0 spiro atoms. The second-order valence-corrected chi connectivity index (χ2v) is 9.46. The van der Waals surface area contributed by atoms with Gasteiger partial charge in [0, 0.05) is 24.0 Å². The van der Waals surface area contributed by atoms with E-state index in [2.05, 4.69) is 9.64 Å². The van der Waals surface area contributed by atoms with Crippen LogP contribution in [0.25, 0.3) is 10.9 Å². The fraction of sp³-hybridized carbons (Fsp3) is 0.423. The number of aromatic nitrogens is 1. The smallest absolute Gasteiger partial charge is 0.418 e. The molecule has 0 bridgehead atoms. The molecule has 2 aromatic carbocycles. The van der Waals surface area contributed by atoms with Crippen LogP contribution in [-0.4, -0.2) is 48.4 Å². The summed E-state index contributed by atoms with van der Waals surface area (Å²) in [7, 11) is 3.37. The lowest BCUT2D eigenvalue weighted by Crippen LogP contribution is -2.43. The first kappa shape index (κ1) is 27.0. The lowest BCUT2D eigenvalue weighted by molar-refractivity contribution is -0.189. The number of esters is 1. The molecule has 3 aromatic rings. The number of nitrogens with zero attached hydrogens (tertiary/aromatic N) is 2.